The van der Waals surface area contributed by atoms with Gasteiger partial charge < -0.3 is 9.88 Å². The highest BCUT2D eigenvalue weighted by Gasteiger charge is 2.28. The lowest BCUT2D eigenvalue weighted by atomic mass is 9.96. The molecule has 3 heterocycles. The Morgan fingerprint density at radius 3 is 3.08 bits per heavy atom. The van der Waals surface area contributed by atoms with Gasteiger partial charge in [-0.2, -0.15) is 5.10 Å². The third kappa shape index (κ3) is 3.04. The molecule has 2 N–H and O–H groups in total. The molecule has 0 aliphatic carbocycles. The van der Waals surface area contributed by atoms with Crippen LogP contribution in [0.15, 0.2) is 30.5 Å². The molecular formula is C19H23N5O. The molecule has 1 amide bonds. The second-order valence-electron chi connectivity index (χ2n) is 6.74. The first-order valence-corrected chi connectivity index (χ1v) is 9.02. The zero-order chi connectivity index (χ0) is 17.2. The van der Waals surface area contributed by atoms with Crippen LogP contribution in [0.3, 0.4) is 0 Å². The van der Waals surface area contributed by atoms with Crippen molar-refractivity contribution in [1.82, 2.24) is 25.1 Å². The van der Waals surface area contributed by atoms with E-state index < -0.39 is 0 Å². The lowest BCUT2D eigenvalue weighted by Crippen LogP contribution is -2.39. The monoisotopic (exact) mass is 337 g/mol. The molecule has 25 heavy (non-hydrogen) atoms. The molecule has 1 atom stereocenters. The van der Waals surface area contributed by atoms with E-state index >= 15 is 0 Å². The number of benzene rings is 1. The summed E-state index contributed by atoms with van der Waals surface area (Å²) in [5.41, 5.74) is 3.70. The number of hydrogen-bond acceptors (Lipinski definition) is 3. The van der Waals surface area contributed by atoms with E-state index in [0.717, 1.165) is 54.8 Å². The van der Waals surface area contributed by atoms with Gasteiger partial charge >= 0.3 is 0 Å². The normalized spacial score (nSPS) is 18.0. The Morgan fingerprint density at radius 1 is 1.36 bits per heavy atom. The fraction of sp³-hybridized carbons (Fsp3) is 0.421. The summed E-state index contributed by atoms with van der Waals surface area (Å²) in [5, 5.41) is 7.04. The molecular weight excluding hydrogens is 314 g/mol. The fourth-order valence-electron chi connectivity index (χ4n) is 3.66. The number of carbonyl (C=O) groups is 1. The summed E-state index contributed by atoms with van der Waals surface area (Å²) in [5.74, 6) is 1.32. The Kier molecular flexibility index (Phi) is 4.26. The summed E-state index contributed by atoms with van der Waals surface area (Å²) in [6.45, 7) is 3.61. The molecule has 2 aromatic heterocycles. The standard InChI is InChI=1S/C19H23N5O/c1-2-6-15-14(11-20-23-15)19(25)24-10-5-7-13(12-24)18-21-16-8-3-4-9-17(16)22-18/h3-4,8-9,11,13H,2,5-7,10,12H2,1H3,(H,20,23)(H,21,22)/t13-/m0/s1. The predicted octanol–water partition coefficient (Wildman–Crippen LogP) is 3.26. The molecule has 0 bridgehead atoms. The first-order chi connectivity index (χ1) is 12.3. The lowest BCUT2D eigenvalue weighted by Gasteiger charge is -2.31. The number of carbonyl (C=O) groups excluding carboxylic acids is 1. The molecule has 1 fully saturated rings. The Bertz CT molecular complexity index is 848. The van der Waals surface area contributed by atoms with Crippen molar-refractivity contribution in [2.45, 2.75) is 38.5 Å². The van der Waals surface area contributed by atoms with E-state index in [1.165, 1.54) is 0 Å². The maximum atomic E-state index is 12.9. The number of fused-ring (bicyclic) bond motifs is 1. The van der Waals surface area contributed by atoms with Gasteiger partial charge in [0.25, 0.3) is 5.91 Å². The van der Waals surface area contributed by atoms with Gasteiger partial charge in [0.2, 0.25) is 0 Å². The van der Waals surface area contributed by atoms with Crippen LogP contribution in [0.4, 0.5) is 0 Å². The minimum absolute atomic E-state index is 0.0815. The second-order valence-corrected chi connectivity index (χ2v) is 6.74. The van der Waals surface area contributed by atoms with Gasteiger partial charge in [-0.05, 0) is 31.4 Å². The average Bonchev–Trinajstić information content (AvgIpc) is 3.28. The van der Waals surface area contributed by atoms with Crippen LogP contribution in [-0.2, 0) is 6.42 Å². The Hall–Kier alpha value is -2.63. The largest absolute Gasteiger partial charge is 0.342 e. The summed E-state index contributed by atoms with van der Waals surface area (Å²) >= 11 is 0. The van der Waals surface area contributed by atoms with E-state index in [1.54, 1.807) is 6.20 Å². The molecule has 0 radical (unpaired) electrons. The molecule has 0 saturated carbocycles. The Labute approximate surface area is 146 Å². The number of aromatic nitrogens is 4. The van der Waals surface area contributed by atoms with Gasteiger partial charge in [-0.3, -0.25) is 9.89 Å². The van der Waals surface area contributed by atoms with Gasteiger partial charge in [-0.25, -0.2) is 4.98 Å². The third-order valence-corrected chi connectivity index (χ3v) is 4.95. The van der Waals surface area contributed by atoms with Crippen LogP contribution in [-0.4, -0.2) is 44.1 Å². The topological polar surface area (TPSA) is 77.7 Å². The molecule has 130 valence electrons. The number of hydrogen-bond donors (Lipinski definition) is 2. The number of para-hydroxylation sites is 2. The SMILES string of the molecule is CCCc1[nH]ncc1C(=O)N1CCC[C@H](c2nc3ccccc3[nH]2)C1. The van der Waals surface area contributed by atoms with Gasteiger partial charge in [-0.1, -0.05) is 25.5 Å². The van der Waals surface area contributed by atoms with Gasteiger partial charge in [0.15, 0.2) is 0 Å². The predicted molar refractivity (Wildman–Crippen MR) is 96.6 cm³/mol. The minimum Gasteiger partial charge on any atom is -0.342 e. The second kappa shape index (κ2) is 6.70. The van der Waals surface area contributed by atoms with Crippen LogP contribution in [0.2, 0.25) is 0 Å². The van der Waals surface area contributed by atoms with Crippen LogP contribution in [0.5, 0.6) is 0 Å². The zero-order valence-corrected chi connectivity index (χ0v) is 14.5. The number of rotatable bonds is 4. The number of piperidine rings is 1. The third-order valence-electron chi connectivity index (χ3n) is 4.95. The quantitative estimate of drug-likeness (QED) is 0.767. The van der Waals surface area contributed by atoms with Crippen molar-refractivity contribution in [3.63, 3.8) is 0 Å². The highest BCUT2D eigenvalue weighted by molar-refractivity contribution is 5.95. The van der Waals surface area contributed by atoms with Crippen molar-refractivity contribution >= 4 is 16.9 Å². The summed E-state index contributed by atoms with van der Waals surface area (Å²) in [4.78, 5) is 23.0. The molecule has 0 unspecified atom stereocenters. The number of H-pyrrole nitrogens is 2. The van der Waals surface area contributed by atoms with Crippen LogP contribution in [0.1, 0.15) is 54.0 Å². The molecule has 1 aromatic carbocycles. The Morgan fingerprint density at radius 2 is 2.24 bits per heavy atom. The minimum atomic E-state index is 0.0815. The van der Waals surface area contributed by atoms with Crippen molar-refractivity contribution in [3.05, 3.63) is 47.5 Å². The molecule has 4 rings (SSSR count). The van der Waals surface area contributed by atoms with E-state index in [2.05, 4.69) is 22.1 Å². The van der Waals surface area contributed by atoms with E-state index in [-0.39, 0.29) is 11.8 Å². The fourth-order valence-corrected chi connectivity index (χ4v) is 3.66. The van der Waals surface area contributed by atoms with Crippen molar-refractivity contribution in [2.24, 2.45) is 0 Å². The number of amides is 1. The maximum absolute atomic E-state index is 12.9. The summed E-state index contributed by atoms with van der Waals surface area (Å²) in [7, 11) is 0. The maximum Gasteiger partial charge on any atom is 0.257 e. The molecule has 1 aliphatic heterocycles. The first-order valence-electron chi connectivity index (χ1n) is 9.02. The van der Waals surface area contributed by atoms with E-state index in [9.17, 15) is 4.79 Å². The number of nitrogens with zero attached hydrogens (tertiary/aromatic N) is 3. The molecule has 1 saturated heterocycles. The average molecular weight is 337 g/mol. The Balaban J connectivity index is 1.54. The van der Waals surface area contributed by atoms with Crippen LogP contribution in [0, 0.1) is 0 Å². The van der Waals surface area contributed by atoms with E-state index in [4.69, 9.17) is 4.98 Å². The zero-order valence-electron chi connectivity index (χ0n) is 14.5. The molecule has 3 aromatic rings. The number of aromatic amines is 2. The van der Waals surface area contributed by atoms with Gasteiger partial charge in [0.1, 0.15) is 5.82 Å². The highest BCUT2D eigenvalue weighted by atomic mass is 16.2. The summed E-state index contributed by atoms with van der Waals surface area (Å²) < 4.78 is 0. The molecule has 6 nitrogen and oxygen atoms in total. The van der Waals surface area contributed by atoms with Crippen molar-refractivity contribution in [2.75, 3.05) is 13.1 Å². The van der Waals surface area contributed by atoms with Crippen molar-refractivity contribution in [3.8, 4) is 0 Å². The highest BCUT2D eigenvalue weighted by Crippen LogP contribution is 2.28. The van der Waals surface area contributed by atoms with Crippen LogP contribution in [0.25, 0.3) is 11.0 Å². The number of likely N-dealkylation sites (tertiary alicyclic amines) is 1. The smallest absolute Gasteiger partial charge is 0.257 e. The number of aryl methyl sites for hydroxylation is 1. The van der Waals surface area contributed by atoms with Gasteiger partial charge in [0, 0.05) is 24.7 Å². The summed E-state index contributed by atoms with van der Waals surface area (Å²) in [6.07, 6.45) is 5.55. The van der Waals surface area contributed by atoms with Crippen molar-refractivity contribution < 1.29 is 4.79 Å². The lowest BCUT2D eigenvalue weighted by molar-refractivity contribution is 0.0704. The van der Waals surface area contributed by atoms with Gasteiger partial charge in [0.05, 0.1) is 22.8 Å². The number of nitrogens with one attached hydrogen (secondary N) is 2. The van der Waals surface area contributed by atoms with E-state index in [1.807, 2.05) is 29.2 Å². The van der Waals surface area contributed by atoms with Crippen LogP contribution < -0.4 is 0 Å². The molecule has 6 heteroatoms. The van der Waals surface area contributed by atoms with Crippen LogP contribution >= 0.6 is 0 Å². The molecule has 0 spiro atoms. The van der Waals surface area contributed by atoms with Crippen molar-refractivity contribution in [1.29, 1.82) is 0 Å². The van der Waals surface area contributed by atoms with Gasteiger partial charge in [-0.15, -0.1) is 0 Å². The van der Waals surface area contributed by atoms with E-state index in [0.29, 0.717) is 12.1 Å². The number of imidazole rings is 1. The molecule has 1 aliphatic rings. The first kappa shape index (κ1) is 15.9. The summed E-state index contributed by atoms with van der Waals surface area (Å²) in [6, 6.07) is 8.07.